The van der Waals surface area contributed by atoms with E-state index in [0.29, 0.717) is 16.5 Å². The third kappa shape index (κ3) is 5.47. The number of hydrogen-bond acceptors (Lipinski definition) is 10. The van der Waals surface area contributed by atoms with Gasteiger partial charge >= 0.3 is 5.69 Å². The van der Waals surface area contributed by atoms with Gasteiger partial charge in [-0.25, -0.2) is 9.97 Å². The van der Waals surface area contributed by atoms with Crippen molar-refractivity contribution in [3.05, 3.63) is 68.4 Å². The Balaban J connectivity index is 1.38. The molecule has 2 aromatic carbocycles. The van der Waals surface area contributed by atoms with Gasteiger partial charge in [0.15, 0.2) is 18.1 Å². The molecule has 4 rings (SSSR count). The Morgan fingerprint density at radius 3 is 2.71 bits per heavy atom. The van der Waals surface area contributed by atoms with Gasteiger partial charge in [0.1, 0.15) is 12.1 Å². The van der Waals surface area contributed by atoms with Gasteiger partial charge in [0, 0.05) is 11.6 Å². The quantitative estimate of drug-likeness (QED) is 0.290. The van der Waals surface area contributed by atoms with Crippen molar-refractivity contribution in [1.82, 2.24) is 15.4 Å². The third-order valence-corrected chi connectivity index (χ3v) is 5.01. The maximum atomic E-state index is 12.1. The summed E-state index contributed by atoms with van der Waals surface area (Å²) in [6.45, 7) is -0.0550. The number of nitrogens with one attached hydrogen (secondary N) is 3. The van der Waals surface area contributed by atoms with Crippen molar-refractivity contribution in [2.24, 2.45) is 0 Å². The van der Waals surface area contributed by atoms with Gasteiger partial charge in [-0.2, -0.15) is 0 Å². The van der Waals surface area contributed by atoms with Crippen molar-refractivity contribution >= 4 is 46.4 Å². The maximum Gasteiger partial charge on any atom is 0.354 e. The topological polar surface area (TPSA) is 150 Å². The number of fused-ring (bicyclic) bond motifs is 1. The molecule has 176 valence electrons. The molecule has 0 unspecified atom stereocenters. The number of nitro groups is 1. The SMILES string of the molecule is O=C(COc1ccc(Cl)cc1Cl)NNc1ncnc(NCc2ccc3c(c2)OCO3)c1[N+](=O)[O-]. The van der Waals surface area contributed by atoms with Crippen LogP contribution in [0.15, 0.2) is 42.7 Å². The first kappa shape index (κ1) is 23.1. The Bertz CT molecular complexity index is 1240. The monoisotopic (exact) mass is 506 g/mol. The van der Waals surface area contributed by atoms with Gasteiger partial charge in [-0.05, 0) is 35.9 Å². The lowest BCUT2D eigenvalue weighted by Gasteiger charge is -2.12. The molecule has 12 nitrogen and oxygen atoms in total. The summed E-state index contributed by atoms with van der Waals surface area (Å²) in [5.41, 5.74) is 5.05. The summed E-state index contributed by atoms with van der Waals surface area (Å²) >= 11 is 11.8. The van der Waals surface area contributed by atoms with Crippen LogP contribution in [-0.2, 0) is 11.3 Å². The molecule has 2 heterocycles. The molecule has 0 saturated carbocycles. The van der Waals surface area contributed by atoms with Crippen LogP contribution in [-0.4, -0.2) is 34.2 Å². The van der Waals surface area contributed by atoms with E-state index in [9.17, 15) is 14.9 Å². The Morgan fingerprint density at radius 1 is 1.12 bits per heavy atom. The molecule has 1 aliphatic heterocycles. The van der Waals surface area contributed by atoms with Gasteiger partial charge in [0.25, 0.3) is 5.91 Å². The number of rotatable bonds is 9. The van der Waals surface area contributed by atoms with Crippen molar-refractivity contribution in [3.63, 3.8) is 0 Å². The van der Waals surface area contributed by atoms with E-state index < -0.39 is 23.1 Å². The van der Waals surface area contributed by atoms with Crippen molar-refractivity contribution < 1.29 is 23.9 Å². The van der Waals surface area contributed by atoms with E-state index in [0.717, 1.165) is 11.9 Å². The van der Waals surface area contributed by atoms with Gasteiger partial charge in [0.2, 0.25) is 18.4 Å². The molecule has 0 radical (unpaired) electrons. The highest BCUT2D eigenvalue weighted by molar-refractivity contribution is 6.35. The number of hydrazine groups is 1. The van der Waals surface area contributed by atoms with Crippen LogP contribution >= 0.6 is 23.2 Å². The van der Waals surface area contributed by atoms with E-state index in [2.05, 4.69) is 26.1 Å². The van der Waals surface area contributed by atoms with Gasteiger partial charge in [-0.3, -0.25) is 25.8 Å². The summed E-state index contributed by atoms with van der Waals surface area (Å²) in [5.74, 6) is 0.577. The zero-order chi connectivity index (χ0) is 24.1. The summed E-state index contributed by atoms with van der Waals surface area (Å²) in [5, 5.41) is 15.2. The van der Waals surface area contributed by atoms with Crippen LogP contribution in [0.3, 0.4) is 0 Å². The van der Waals surface area contributed by atoms with E-state index in [1.54, 1.807) is 24.3 Å². The van der Waals surface area contributed by atoms with Crippen molar-refractivity contribution in [1.29, 1.82) is 0 Å². The fourth-order valence-corrected chi connectivity index (χ4v) is 3.37. The van der Waals surface area contributed by atoms with Crippen LogP contribution < -0.4 is 30.4 Å². The van der Waals surface area contributed by atoms with Gasteiger partial charge in [0.05, 0.1) is 9.95 Å². The maximum absolute atomic E-state index is 12.1. The minimum atomic E-state index is -0.666. The normalized spacial score (nSPS) is 11.6. The van der Waals surface area contributed by atoms with E-state index in [4.69, 9.17) is 37.4 Å². The number of nitrogens with zero attached hydrogens (tertiary/aromatic N) is 3. The summed E-state index contributed by atoms with van der Waals surface area (Å²) in [6.07, 6.45) is 1.12. The summed E-state index contributed by atoms with van der Waals surface area (Å²) in [7, 11) is 0. The lowest BCUT2D eigenvalue weighted by Crippen LogP contribution is -2.34. The first-order chi connectivity index (χ1) is 16.4. The molecular formula is C20H16Cl2N6O6. The minimum absolute atomic E-state index is 0.0430. The highest BCUT2D eigenvalue weighted by atomic mass is 35.5. The average molecular weight is 507 g/mol. The lowest BCUT2D eigenvalue weighted by molar-refractivity contribution is -0.383. The summed E-state index contributed by atoms with van der Waals surface area (Å²) in [4.78, 5) is 30.9. The second-order valence-corrected chi connectivity index (χ2v) is 7.60. The van der Waals surface area contributed by atoms with E-state index in [1.165, 1.54) is 12.1 Å². The lowest BCUT2D eigenvalue weighted by atomic mass is 10.2. The van der Waals surface area contributed by atoms with Crippen LogP contribution in [0.25, 0.3) is 0 Å². The van der Waals surface area contributed by atoms with Crippen LogP contribution in [0.5, 0.6) is 17.2 Å². The Kier molecular flexibility index (Phi) is 6.99. The number of hydrogen-bond donors (Lipinski definition) is 3. The zero-order valence-electron chi connectivity index (χ0n) is 17.2. The number of carbonyl (C=O) groups is 1. The van der Waals surface area contributed by atoms with Gasteiger partial charge < -0.3 is 19.5 Å². The first-order valence-corrected chi connectivity index (χ1v) is 10.4. The predicted molar refractivity (Wildman–Crippen MR) is 122 cm³/mol. The number of amides is 1. The Morgan fingerprint density at radius 2 is 1.91 bits per heavy atom. The largest absolute Gasteiger partial charge is 0.482 e. The molecule has 1 aliphatic rings. The molecule has 3 aromatic rings. The van der Waals surface area contributed by atoms with E-state index in [-0.39, 0.29) is 35.7 Å². The van der Waals surface area contributed by atoms with E-state index in [1.807, 2.05) is 0 Å². The van der Waals surface area contributed by atoms with Crippen LogP contribution in [0.1, 0.15) is 5.56 Å². The summed E-state index contributed by atoms with van der Waals surface area (Å²) in [6, 6.07) is 9.83. The number of ether oxygens (including phenoxy) is 3. The summed E-state index contributed by atoms with van der Waals surface area (Å²) < 4.78 is 15.9. The predicted octanol–water partition coefficient (Wildman–Crippen LogP) is 3.55. The molecule has 0 aliphatic carbocycles. The fourth-order valence-electron chi connectivity index (χ4n) is 2.91. The first-order valence-electron chi connectivity index (χ1n) is 9.65. The molecule has 34 heavy (non-hydrogen) atoms. The van der Waals surface area contributed by atoms with E-state index >= 15 is 0 Å². The second kappa shape index (κ2) is 10.3. The Hall–Kier alpha value is -4.03. The smallest absolute Gasteiger partial charge is 0.354 e. The van der Waals surface area contributed by atoms with Crippen molar-refractivity contribution in [2.45, 2.75) is 6.54 Å². The molecule has 0 saturated heterocycles. The highest BCUT2D eigenvalue weighted by Gasteiger charge is 2.23. The number of benzene rings is 2. The fraction of sp³-hybridized carbons (Fsp3) is 0.150. The molecular weight excluding hydrogens is 491 g/mol. The number of carbonyl (C=O) groups excluding carboxylic acids is 1. The third-order valence-electron chi connectivity index (χ3n) is 4.47. The number of aromatic nitrogens is 2. The van der Waals surface area contributed by atoms with Gasteiger partial charge in [-0.15, -0.1) is 0 Å². The van der Waals surface area contributed by atoms with Crippen LogP contribution in [0.2, 0.25) is 10.0 Å². The van der Waals surface area contributed by atoms with Crippen molar-refractivity contribution in [2.75, 3.05) is 24.1 Å². The molecule has 1 amide bonds. The second-order valence-electron chi connectivity index (χ2n) is 6.75. The minimum Gasteiger partial charge on any atom is -0.482 e. The molecule has 14 heteroatoms. The Labute approximate surface area is 202 Å². The zero-order valence-corrected chi connectivity index (χ0v) is 18.7. The standard InChI is InChI=1S/C20H16Cl2N6O6/c21-12-2-4-14(13(22)6-12)32-8-17(29)26-27-20-18(28(30)31)19(24-9-25-20)23-7-11-1-3-15-16(5-11)34-10-33-15/h1-6,9H,7-8,10H2,(H,26,29)(H2,23,24,25,27). The van der Waals surface area contributed by atoms with Gasteiger partial charge in [-0.1, -0.05) is 29.3 Å². The van der Waals surface area contributed by atoms with Crippen LogP contribution in [0.4, 0.5) is 17.3 Å². The molecule has 1 aromatic heterocycles. The molecule has 3 N–H and O–H groups in total. The molecule has 0 fully saturated rings. The molecule has 0 atom stereocenters. The highest BCUT2D eigenvalue weighted by Crippen LogP contribution is 2.33. The number of anilines is 2. The molecule has 0 bridgehead atoms. The van der Waals surface area contributed by atoms with Crippen molar-refractivity contribution in [3.8, 4) is 17.2 Å². The average Bonchev–Trinajstić information content (AvgIpc) is 3.28. The number of halogens is 2. The van der Waals surface area contributed by atoms with Crippen LogP contribution in [0, 0.1) is 10.1 Å². The molecule has 0 spiro atoms.